The monoisotopic (exact) mass is 498 g/mol. The number of aromatic nitrogens is 1. The number of esters is 1. The normalized spacial score (nSPS) is 13.4. The predicted molar refractivity (Wildman–Crippen MR) is 129 cm³/mol. The molecule has 7 nitrogen and oxygen atoms in total. The molecule has 0 saturated heterocycles. The number of benzene rings is 2. The summed E-state index contributed by atoms with van der Waals surface area (Å²) in [6.45, 7) is 6.47. The van der Waals surface area contributed by atoms with Gasteiger partial charge in [0.1, 0.15) is 23.8 Å². The minimum absolute atomic E-state index is 0.0524. The first-order valence-electron chi connectivity index (χ1n) is 11.3. The van der Waals surface area contributed by atoms with Crippen LogP contribution < -0.4 is 10.1 Å². The van der Waals surface area contributed by atoms with Crippen LogP contribution in [0.2, 0.25) is 0 Å². The van der Waals surface area contributed by atoms with Crippen molar-refractivity contribution >= 4 is 11.9 Å². The molecule has 3 atom stereocenters. The number of aryl methyl sites for hydroxylation is 2. The van der Waals surface area contributed by atoms with E-state index in [1.807, 2.05) is 0 Å². The lowest BCUT2D eigenvalue weighted by Gasteiger charge is -2.28. The van der Waals surface area contributed by atoms with Crippen molar-refractivity contribution in [2.45, 2.75) is 45.8 Å². The summed E-state index contributed by atoms with van der Waals surface area (Å²) < 4.78 is 39.4. The summed E-state index contributed by atoms with van der Waals surface area (Å²) in [5.74, 6) is -3.65. The fourth-order valence-electron chi connectivity index (χ4n) is 3.99. The second kappa shape index (κ2) is 11.2. The van der Waals surface area contributed by atoms with Crippen LogP contribution in [0.5, 0.6) is 11.5 Å². The molecule has 0 aliphatic carbocycles. The number of rotatable bonds is 8. The van der Waals surface area contributed by atoms with Gasteiger partial charge in [-0.2, -0.15) is 0 Å². The number of nitrogens with zero attached hydrogens (tertiary/aromatic N) is 1. The number of nitrogens with one attached hydrogen (secondary N) is 1. The van der Waals surface area contributed by atoms with E-state index in [9.17, 15) is 19.1 Å². The minimum Gasteiger partial charge on any atom is -0.503 e. The molecule has 0 radical (unpaired) electrons. The molecule has 0 aliphatic rings. The third kappa shape index (κ3) is 5.79. The number of carbonyl (C=O) groups excluding carboxylic acids is 2. The van der Waals surface area contributed by atoms with Crippen LogP contribution in [0.1, 0.15) is 52.5 Å². The first-order valence-corrected chi connectivity index (χ1v) is 11.3. The molecule has 3 rings (SSSR count). The Kier molecular flexibility index (Phi) is 8.24. The lowest BCUT2D eigenvalue weighted by Crippen LogP contribution is -2.41. The highest BCUT2D eigenvalue weighted by atomic mass is 19.1. The molecule has 2 N–H and O–H groups in total. The second-order valence-corrected chi connectivity index (χ2v) is 8.55. The smallest absolute Gasteiger partial charge is 0.328 e. The van der Waals surface area contributed by atoms with Crippen molar-refractivity contribution in [3.8, 4) is 11.5 Å². The van der Waals surface area contributed by atoms with Crippen molar-refractivity contribution in [2.24, 2.45) is 0 Å². The Labute approximate surface area is 208 Å². The first-order chi connectivity index (χ1) is 17.0. The molecule has 1 amide bonds. The van der Waals surface area contributed by atoms with E-state index in [-0.39, 0.29) is 17.0 Å². The number of ether oxygens (including phenoxy) is 2. The molecule has 0 spiro atoms. The number of aromatic hydroxyl groups is 1. The molecule has 1 aromatic heterocycles. The maximum Gasteiger partial charge on any atom is 0.328 e. The van der Waals surface area contributed by atoms with Gasteiger partial charge in [-0.25, -0.2) is 18.6 Å². The van der Waals surface area contributed by atoms with Gasteiger partial charge in [0.25, 0.3) is 5.91 Å². The molecule has 0 unspecified atom stereocenters. The Morgan fingerprint density at radius 1 is 1.03 bits per heavy atom. The van der Waals surface area contributed by atoms with E-state index in [1.54, 1.807) is 39.0 Å². The zero-order valence-electron chi connectivity index (χ0n) is 20.6. The van der Waals surface area contributed by atoms with E-state index in [0.29, 0.717) is 11.1 Å². The van der Waals surface area contributed by atoms with Gasteiger partial charge in [0, 0.05) is 18.2 Å². The van der Waals surface area contributed by atoms with Crippen LogP contribution in [0.4, 0.5) is 8.78 Å². The topological polar surface area (TPSA) is 97.8 Å². The molecular formula is C27H28F2N2O5. The van der Waals surface area contributed by atoms with Crippen LogP contribution in [0.25, 0.3) is 0 Å². The Bertz CT molecular complexity index is 1230. The highest BCUT2D eigenvalue weighted by Crippen LogP contribution is 2.34. The summed E-state index contributed by atoms with van der Waals surface area (Å²) in [6.07, 6.45) is 0.408. The van der Waals surface area contributed by atoms with Crippen LogP contribution >= 0.6 is 0 Å². The Morgan fingerprint density at radius 3 is 2.36 bits per heavy atom. The Morgan fingerprint density at radius 2 is 1.72 bits per heavy atom. The molecule has 0 bridgehead atoms. The summed E-state index contributed by atoms with van der Waals surface area (Å²) in [4.78, 5) is 29.3. The van der Waals surface area contributed by atoms with Crippen molar-refractivity contribution in [3.05, 3.63) is 88.2 Å². The van der Waals surface area contributed by atoms with E-state index in [4.69, 9.17) is 9.47 Å². The van der Waals surface area contributed by atoms with E-state index >= 15 is 4.39 Å². The van der Waals surface area contributed by atoms with Crippen molar-refractivity contribution < 1.29 is 33.0 Å². The fourth-order valence-corrected chi connectivity index (χ4v) is 3.99. The maximum atomic E-state index is 15.0. The fraction of sp³-hybridized carbons (Fsp3) is 0.296. The number of methoxy groups -OCH3 is 1. The highest BCUT2D eigenvalue weighted by molar-refractivity contribution is 5.97. The standard InChI is InChI=1S/C27H28F2N2O5/c1-14-6-8-20(21(29)12-14)23(19-9-7-18(28)13-15(19)2)17(4)36-27(34)16(3)31-26(33)24-25(32)22(35-5)10-11-30-24/h6-13,16-17,23,32H,1-5H3,(H,31,33)/t16-,17-,23+/m0/s1. The van der Waals surface area contributed by atoms with Gasteiger partial charge in [-0.3, -0.25) is 4.79 Å². The summed E-state index contributed by atoms with van der Waals surface area (Å²) in [7, 11) is 1.33. The number of hydrogen-bond donors (Lipinski definition) is 2. The van der Waals surface area contributed by atoms with Gasteiger partial charge in [0.05, 0.1) is 7.11 Å². The second-order valence-electron chi connectivity index (χ2n) is 8.55. The largest absolute Gasteiger partial charge is 0.503 e. The van der Waals surface area contributed by atoms with E-state index in [2.05, 4.69) is 10.3 Å². The third-order valence-electron chi connectivity index (χ3n) is 5.85. The zero-order valence-corrected chi connectivity index (χ0v) is 20.6. The molecule has 190 valence electrons. The Hall–Kier alpha value is -4.01. The zero-order chi connectivity index (χ0) is 26.6. The number of carbonyl (C=O) groups is 2. The van der Waals surface area contributed by atoms with Crippen molar-refractivity contribution in [3.63, 3.8) is 0 Å². The third-order valence-corrected chi connectivity index (χ3v) is 5.85. The molecule has 0 aliphatic heterocycles. The molecule has 2 aromatic carbocycles. The van der Waals surface area contributed by atoms with Gasteiger partial charge in [0.2, 0.25) is 0 Å². The van der Waals surface area contributed by atoms with Gasteiger partial charge < -0.3 is 19.9 Å². The maximum absolute atomic E-state index is 15.0. The quantitative estimate of drug-likeness (QED) is 0.442. The molecule has 9 heteroatoms. The molecule has 3 aromatic rings. The SMILES string of the molecule is COc1ccnc(C(=O)N[C@@H](C)C(=O)O[C@@H](C)[C@H](c2ccc(F)cc2C)c2ccc(C)cc2F)c1O. The van der Waals surface area contributed by atoms with Crippen LogP contribution in [0.3, 0.4) is 0 Å². The molecule has 0 fully saturated rings. The van der Waals surface area contributed by atoms with E-state index in [1.165, 1.54) is 44.5 Å². The lowest BCUT2D eigenvalue weighted by atomic mass is 9.84. The number of hydrogen-bond acceptors (Lipinski definition) is 6. The van der Waals surface area contributed by atoms with E-state index < -0.39 is 47.3 Å². The summed E-state index contributed by atoms with van der Waals surface area (Å²) in [5, 5.41) is 12.6. The van der Waals surface area contributed by atoms with Crippen LogP contribution in [-0.4, -0.2) is 41.2 Å². The van der Waals surface area contributed by atoms with Crippen molar-refractivity contribution in [1.29, 1.82) is 0 Å². The summed E-state index contributed by atoms with van der Waals surface area (Å²) in [5.41, 5.74) is 1.87. The van der Waals surface area contributed by atoms with Gasteiger partial charge >= 0.3 is 5.97 Å². The molecule has 36 heavy (non-hydrogen) atoms. The van der Waals surface area contributed by atoms with Gasteiger partial charge in [-0.15, -0.1) is 0 Å². The summed E-state index contributed by atoms with van der Waals surface area (Å²) >= 11 is 0. The Balaban J connectivity index is 1.84. The average molecular weight is 499 g/mol. The molecule has 0 saturated carbocycles. The minimum atomic E-state index is -1.12. The molecular weight excluding hydrogens is 470 g/mol. The van der Waals surface area contributed by atoms with Crippen molar-refractivity contribution in [2.75, 3.05) is 7.11 Å². The predicted octanol–water partition coefficient (Wildman–Crippen LogP) is 4.57. The summed E-state index contributed by atoms with van der Waals surface area (Å²) in [6, 6.07) is 9.15. The van der Waals surface area contributed by atoms with Gasteiger partial charge in [-0.1, -0.05) is 18.2 Å². The number of amides is 1. The van der Waals surface area contributed by atoms with Gasteiger partial charge in [0.15, 0.2) is 17.2 Å². The van der Waals surface area contributed by atoms with Crippen LogP contribution in [-0.2, 0) is 9.53 Å². The van der Waals surface area contributed by atoms with Crippen LogP contribution in [0.15, 0.2) is 48.7 Å². The van der Waals surface area contributed by atoms with E-state index in [0.717, 1.165) is 5.56 Å². The first kappa shape index (κ1) is 26.6. The van der Waals surface area contributed by atoms with Crippen molar-refractivity contribution in [1.82, 2.24) is 10.3 Å². The number of pyridine rings is 1. The van der Waals surface area contributed by atoms with Crippen LogP contribution in [0, 0.1) is 25.5 Å². The molecule has 1 heterocycles. The average Bonchev–Trinajstić information content (AvgIpc) is 2.81. The number of halogens is 2. The highest BCUT2D eigenvalue weighted by Gasteiger charge is 2.31. The lowest BCUT2D eigenvalue weighted by molar-refractivity contribution is -0.150. The van der Waals surface area contributed by atoms with Gasteiger partial charge in [-0.05, 0) is 68.1 Å².